The van der Waals surface area contributed by atoms with Gasteiger partial charge in [0.2, 0.25) is 11.8 Å². The van der Waals surface area contributed by atoms with Crippen LogP contribution in [0.1, 0.15) is 57.0 Å². The van der Waals surface area contributed by atoms with E-state index in [4.69, 9.17) is 37.9 Å². The molecule has 3 aromatic heterocycles. The van der Waals surface area contributed by atoms with Crippen molar-refractivity contribution in [3.63, 3.8) is 0 Å². The molecule has 3 aliphatic heterocycles. The summed E-state index contributed by atoms with van der Waals surface area (Å²) in [6, 6.07) is 27.2. The van der Waals surface area contributed by atoms with Gasteiger partial charge in [-0.15, -0.1) is 0 Å². The quantitative estimate of drug-likeness (QED) is 0.0337. The van der Waals surface area contributed by atoms with Crippen LogP contribution in [0.4, 0.5) is 17.2 Å². The third kappa shape index (κ3) is 13.8. The molecule has 9 rings (SSSR count). The van der Waals surface area contributed by atoms with Crippen molar-refractivity contribution in [2.24, 2.45) is 0 Å². The Bertz CT molecular complexity index is 2990. The van der Waals surface area contributed by atoms with Crippen LogP contribution >= 0.6 is 0 Å². The third-order valence-electron chi connectivity index (χ3n) is 13.9. The molecule has 6 heterocycles. The van der Waals surface area contributed by atoms with E-state index in [0.717, 1.165) is 69.0 Å². The van der Waals surface area contributed by atoms with E-state index < -0.39 is 23.8 Å². The molecule has 4 amide bonds. The molecular formula is C58H69N9O11. The zero-order valence-electron chi connectivity index (χ0n) is 44.5. The van der Waals surface area contributed by atoms with Gasteiger partial charge in [0, 0.05) is 73.7 Å². The number of aryl methyl sites for hydroxylation is 2. The Morgan fingerprint density at radius 3 is 2.01 bits per heavy atom. The molecule has 2 saturated heterocycles. The van der Waals surface area contributed by atoms with Gasteiger partial charge in [-0.2, -0.15) is 0 Å². The number of allylic oxidation sites excluding steroid dienone is 1. The number of ether oxygens (including phenoxy) is 6. The minimum atomic E-state index is -0.861. The first-order chi connectivity index (χ1) is 38.1. The second-order valence-electron chi connectivity index (χ2n) is 19.1. The summed E-state index contributed by atoms with van der Waals surface area (Å²) >= 11 is 0. The van der Waals surface area contributed by atoms with E-state index in [2.05, 4.69) is 85.5 Å². The minimum absolute atomic E-state index is 0.0886. The summed E-state index contributed by atoms with van der Waals surface area (Å²) in [6.07, 6.45) is 3.22. The molecule has 0 aliphatic carbocycles. The van der Waals surface area contributed by atoms with Gasteiger partial charge in [0.25, 0.3) is 11.8 Å². The van der Waals surface area contributed by atoms with E-state index in [0.29, 0.717) is 136 Å². The Kier molecular flexibility index (Phi) is 19.3. The van der Waals surface area contributed by atoms with Crippen LogP contribution in [0, 0.1) is 13.8 Å². The highest BCUT2D eigenvalue weighted by atomic mass is 16.6. The molecule has 2 fully saturated rings. The Morgan fingerprint density at radius 1 is 0.718 bits per heavy atom. The van der Waals surface area contributed by atoms with Crippen molar-refractivity contribution in [1.82, 2.24) is 29.7 Å². The summed E-state index contributed by atoms with van der Waals surface area (Å²) in [5, 5.41) is 13.6. The van der Waals surface area contributed by atoms with Gasteiger partial charge < -0.3 is 58.7 Å². The van der Waals surface area contributed by atoms with E-state index in [1.807, 2.05) is 43.1 Å². The van der Waals surface area contributed by atoms with Gasteiger partial charge in [0.05, 0.1) is 103 Å². The standard InChI is InChI=1S/C58H69N9O11/c1-40-12-17-49(56(69)61-40)67-57(70)47-10-7-11-48(53(47)58(67)71)59-20-27-73-29-31-75-33-35-77-37-36-76-34-32-74-30-28-72-26-19-51(68)65-24-22-64(23-25-65)46-15-13-44(14-16-46)54-55(60-39-43-8-5-4-6-9-43)66-21-18-45(38-50(66)62-54)52-41(2)63-78-42(52)3/h4-11,13-16,18,21,38,49,59-60H,1,12,17,19-20,22-37,39H2,2-3H3,(H,61,69). The molecule has 20 nitrogen and oxygen atoms in total. The lowest BCUT2D eigenvalue weighted by Crippen LogP contribution is -2.51. The first kappa shape index (κ1) is 55.3. The van der Waals surface area contributed by atoms with Crippen LogP contribution in [0.15, 0.2) is 108 Å². The summed E-state index contributed by atoms with van der Waals surface area (Å²) < 4.78 is 41.3. The van der Waals surface area contributed by atoms with E-state index in [-0.39, 0.29) is 17.0 Å². The van der Waals surface area contributed by atoms with Crippen molar-refractivity contribution >= 4 is 46.5 Å². The lowest BCUT2D eigenvalue weighted by atomic mass is 10.0. The number of benzene rings is 3. The monoisotopic (exact) mass is 1070 g/mol. The largest absolute Gasteiger partial charge is 0.382 e. The fourth-order valence-corrected chi connectivity index (χ4v) is 9.81. The number of carbonyl (C=O) groups is 4. The first-order valence-corrected chi connectivity index (χ1v) is 26.7. The third-order valence-corrected chi connectivity index (χ3v) is 13.9. The molecule has 0 saturated carbocycles. The van der Waals surface area contributed by atoms with E-state index in [9.17, 15) is 19.2 Å². The summed E-state index contributed by atoms with van der Waals surface area (Å²) in [4.78, 5) is 62.4. The number of nitrogens with zero attached hydrogens (tertiary/aromatic N) is 6. The Morgan fingerprint density at radius 2 is 1.37 bits per heavy atom. The second kappa shape index (κ2) is 27.2. The number of imidazole rings is 1. The van der Waals surface area contributed by atoms with E-state index in [1.165, 1.54) is 5.56 Å². The van der Waals surface area contributed by atoms with Gasteiger partial charge in [0.1, 0.15) is 29.0 Å². The number of fused-ring (bicyclic) bond motifs is 2. The number of nitrogens with one attached hydrogen (secondary N) is 3. The van der Waals surface area contributed by atoms with Crippen LogP contribution in [0.2, 0.25) is 0 Å². The van der Waals surface area contributed by atoms with Gasteiger partial charge in [-0.3, -0.25) is 28.5 Å². The maximum absolute atomic E-state index is 13.3. The van der Waals surface area contributed by atoms with Gasteiger partial charge in [-0.1, -0.05) is 60.3 Å². The van der Waals surface area contributed by atoms with Gasteiger partial charge >= 0.3 is 0 Å². The maximum atomic E-state index is 13.3. The van der Waals surface area contributed by atoms with Crippen molar-refractivity contribution in [3.05, 3.63) is 132 Å². The Hall–Kier alpha value is -7.46. The SMILES string of the molecule is C=C1CCC(N2C(=O)c3cccc(NCCOCCOCCOCCOCCOCCOCCC(=O)N4CCN(c5ccc(-c6nc7cc(-c8c(C)noc8C)ccn7c6NCc6ccccc6)cc5)CC4)c3C2=O)C(=O)N1. The van der Waals surface area contributed by atoms with Crippen molar-refractivity contribution in [2.45, 2.75) is 45.7 Å². The zero-order chi connectivity index (χ0) is 54.2. The molecule has 6 aromatic rings. The number of piperazine rings is 1. The Balaban J connectivity index is 0.576. The minimum Gasteiger partial charge on any atom is -0.382 e. The van der Waals surface area contributed by atoms with Crippen LogP contribution in [0.3, 0.4) is 0 Å². The molecule has 0 bridgehead atoms. The van der Waals surface area contributed by atoms with Crippen molar-refractivity contribution < 1.29 is 52.1 Å². The first-order valence-electron chi connectivity index (χ1n) is 26.7. The number of rotatable bonds is 29. The average Bonchev–Trinajstić information content (AvgIpc) is 4.26. The number of piperidine rings is 1. The highest BCUT2D eigenvalue weighted by Crippen LogP contribution is 2.35. The highest BCUT2D eigenvalue weighted by molar-refractivity contribution is 6.25. The molecule has 412 valence electrons. The van der Waals surface area contributed by atoms with Crippen molar-refractivity contribution in [3.8, 4) is 22.4 Å². The number of imide groups is 1. The van der Waals surface area contributed by atoms with E-state index >= 15 is 0 Å². The van der Waals surface area contributed by atoms with Gasteiger partial charge in [-0.25, -0.2) is 4.98 Å². The van der Waals surface area contributed by atoms with Crippen LogP contribution < -0.4 is 20.9 Å². The van der Waals surface area contributed by atoms with Crippen LogP contribution in [-0.4, -0.2) is 166 Å². The van der Waals surface area contributed by atoms with Crippen molar-refractivity contribution in [2.75, 3.05) is 128 Å². The van der Waals surface area contributed by atoms with Crippen LogP contribution in [-0.2, 0) is 44.6 Å². The fourth-order valence-electron chi connectivity index (χ4n) is 9.81. The predicted molar refractivity (Wildman–Crippen MR) is 293 cm³/mol. The topological polar surface area (TPSA) is 213 Å². The lowest BCUT2D eigenvalue weighted by Gasteiger charge is -2.36. The molecule has 3 aromatic carbocycles. The molecule has 0 spiro atoms. The molecule has 1 unspecified atom stereocenters. The maximum Gasteiger partial charge on any atom is 0.264 e. The molecule has 3 N–H and O–H groups in total. The number of aromatic nitrogens is 3. The second-order valence-corrected chi connectivity index (χ2v) is 19.1. The molecule has 1 atom stereocenters. The number of hydrogen-bond donors (Lipinski definition) is 3. The highest BCUT2D eigenvalue weighted by Gasteiger charge is 2.45. The van der Waals surface area contributed by atoms with Crippen LogP contribution in [0.5, 0.6) is 0 Å². The zero-order valence-corrected chi connectivity index (χ0v) is 44.5. The lowest BCUT2D eigenvalue weighted by molar-refractivity contribution is -0.132. The number of anilines is 3. The predicted octanol–water partition coefficient (Wildman–Crippen LogP) is 6.52. The average molecular weight is 1070 g/mol. The van der Waals surface area contributed by atoms with Gasteiger partial charge in [0.15, 0.2) is 0 Å². The summed E-state index contributed by atoms with van der Waals surface area (Å²) in [5.74, 6) is 0.418. The number of amides is 4. The van der Waals surface area contributed by atoms with E-state index in [1.54, 1.807) is 18.2 Å². The summed E-state index contributed by atoms with van der Waals surface area (Å²) in [7, 11) is 0. The summed E-state index contributed by atoms with van der Waals surface area (Å²) in [5.41, 5.74) is 9.43. The molecule has 0 radical (unpaired) electrons. The molecular weight excluding hydrogens is 999 g/mol. The fraction of sp³-hybridized carbons (Fsp3) is 0.414. The van der Waals surface area contributed by atoms with Crippen LogP contribution in [0.25, 0.3) is 28.0 Å². The molecule has 3 aliphatic rings. The normalized spacial score (nSPS) is 15.6. The molecule has 78 heavy (non-hydrogen) atoms. The van der Waals surface area contributed by atoms with Crippen molar-refractivity contribution in [1.29, 1.82) is 0 Å². The molecule has 20 heteroatoms. The number of pyridine rings is 1. The smallest absolute Gasteiger partial charge is 0.264 e. The van der Waals surface area contributed by atoms with Gasteiger partial charge in [-0.05, 0) is 74.2 Å². The number of hydrogen-bond acceptors (Lipinski definition) is 16. The summed E-state index contributed by atoms with van der Waals surface area (Å²) in [6.45, 7) is 16.3. The Labute approximate surface area is 453 Å². The number of carbonyl (C=O) groups excluding carboxylic acids is 4.